The topological polar surface area (TPSA) is 30.9 Å². The molecule has 4 nitrogen and oxygen atoms in total. The molecule has 0 N–H and O–H groups in total. The Kier molecular flexibility index (Phi) is 6.70. The average molecular weight is 368 g/mol. The SMILES string of the molecule is CC(C)CC(C)(C)C1CCC2(CC1)OCC(CCN1CCOC(C)C1)O2. The number of hydrogen-bond acceptors (Lipinski definition) is 4. The third-order valence-electron chi connectivity index (χ3n) is 6.79. The summed E-state index contributed by atoms with van der Waals surface area (Å²) >= 11 is 0. The minimum absolute atomic E-state index is 0.270. The van der Waals surface area contributed by atoms with Crippen LogP contribution in [0.1, 0.15) is 73.1 Å². The lowest BCUT2D eigenvalue weighted by atomic mass is 9.66. The molecule has 26 heavy (non-hydrogen) atoms. The Balaban J connectivity index is 1.42. The van der Waals surface area contributed by atoms with Gasteiger partial charge in [0.15, 0.2) is 5.79 Å². The molecule has 0 amide bonds. The monoisotopic (exact) mass is 367 g/mol. The van der Waals surface area contributed by atoms with Crippen molar-refractivity contribution >= 4 is 0 Å². The van der Waals surface area contributed by atoms with Gasteiger partial charge >= 0.3 is 0 Å². The first-order chi connectivity index (χ1) is 12.3. The molecule has 2 unspecified atom stereocenters. The Morgan fingerprint density at radius 3 is 2.58 bits per heavy atom. The third kappa shape index (κ3) is 5.21. The molecular weight excluding hydrogens is 326 g/mol. The van der Waals surface area contributed by atoms with Gasteiger partial charge in [-0.2, -0.15) is 0 Å². The van der Waals surface area contributed by atoms with Crippen molar-refractivity contribution in [2.24, 2.45) is 17.3 Å². The Hall–Kier alpha value is -0.160. The van der Waals surface area contributed by atoms with Gasteiger partial charge in [-0.1, -0.05) is 27.7 Å². The van der Waals surface area contributed by atoms with Crippen LogP contribution < -0.4 is 0 Å². The van der Waals surface area contributed by atoms with Crippen LogP contribution in [0.4, 0.5) is 0 Å². The van der Waals surface area contributed by atoms with Crippen molar-refractivity contribution in [1.82, 2.24) is 4.90 Å². The van der Waals surface area contributed by atoms with E-state index in [1.165, 1.54) is 19.3 Å². The smallest absolute Gasteiger partial charge is 0.168 e. The van der Waals surface area contributed by atoms with Crippen LogP contribution in [-0.4, -0.2) is 55.7 Å². The van der Waals surface area contributed by atoms with Gasteiger partial charge in [0.1, 0.15) is 0 Å². The molecule has 3 aliphatic rings. The minimum atomic E-state index is -0.270. The summed E-state index contributed by atoms with van der Waals surface area (Å²) in [5.41, 5.74) is 0.431. The number of ether oxygens (including phenoxy) is 3. The molecule has 152 valence electrons. The molecule has 0 aromatic rings. The second-order valence-electron chi connectivity index (χ2n) is 10.1. The maximum absolute atomic E-state index is 6.47. The fraction of sp³-hybridized carbons (Fsp3) is 1.00. The lowest BCUT2D eigenvalue weighted by molar-refractivity contribution is -0.198. The quantitative estimate of drug-likeness (QED) is 0.693. The van der Waals surface area contributed by atoms with Gasteiger partial charge in [-0.15, -0.1) is 0 Å². The molecule has 2 heterocycles. The Morgan fingerprint density at radius 1 is 1.19 bits per heavy atom. The highest BCUT2D eigenvalue weighted by Crippen LogP contribution is 2.48. The molecule has 2 atom stereocenters. The summed E-state index contributed by atoms with van der Waals surface area (Å²) < 4.78 is 18.3. The largest absolute Gasteiger partial charge is 0.376 e. The average Bonchev–Trinajstić information content (AvgIpc) is 2.95. The van der Waals surface area contributed by atoms with Gasteiger partial charge in [-0.3, -0.25) is 4.90 Å². The van der Waals surface area contributed by atoms with Gasteiger partial charge in [0.2, 0.25) is 0 Å². The normalized spacial score (nSPS) is 36.9. The second-order valence-corrected chi connectivity index (χ2v) is 10.1. The third-order valence-corrected chi connectivity index (χ3v) is 6.79. The van der Waals surface area contributed by atoms with E-state index in [4.69, 9.17) is 14.2 Å². The molecule has 0 bridgehead atoms. The van der Waals surface area contributed by atoms with Crippen LogP contribution >= 0.6 is 0 Å². The van der Waals surface area contributed by atoms with E-state index in [-0.39, 0.29) is 11.9 Å². The predicted molar refractivity (Wildman–Crippen MR) is 105 cm³/mol. The molecule has 1 saturated carbocycles. The fourth-order valence-electron chi connectivity index (χ4n) is 5.50. The lowest BCUT2D eigenvalue weighted by Gasteiger charge is -2.43. The maximum atomic E-state index is 6.47. The molecular formula is C22H41NO3. The summed E-state index contributed by atoms with van der Waals surface area (Å²) in [5.74, 6) is 1.30. The number of nitrogens with zero attached hydrogens (tertiary/aromatic N) is 1. The molecule has 0 aromatic carbocycles. The summed E-state index contributed by atoms with van der Waals surface area (Å²) in [4.78, 5) is 2.51. The molecule has 1 aliphatic carbocycles. The first-order valence-corrected chi connectivity index (χ1v) is 10.9. The fourth-order valence-corrected chi connectivity index (χ4v) is 5.50. The van der Waals surface area contributed by atoms with Crippen LogP contribution in [-0.2, 0) is 14.2 Å². The lowest BCUT2D eigenvalue weighted by Crippen LogP contribution is -2.42. The Morgan fingerprint density at radius 2 is 1.92 bits per heavy atom. The number of rotatable bonds is 6. The maximum Gasteiger partial charge on any atom is 0.168 e. The second kappa shape index (κ2) is 8.46. The van der Waals surface area contributed by atoms with Crippen LogP contribution in [0.2, 0.25) is 0 Å². The van der Waals surface area contributed by atoms with Crippen molar-refractivity contribution in [1.29, 1.82) is 0 Å². The van der Waals surface area contributed by atoms with Crippen molar-refractivity contribution in [3.05, 3.63) is 0 Å². The summed E-state index contributed by atoms with van der Waals surface area (Å²) in [5, 5.41) is 0. The van der Waals surface area contributed by atoms with Crippen molar-refractivity contribution < 1.29 is 14.2 Å². The molecule has 3 rings (SSSR count). The summed E-state index contributed by atoms with van der Waals surface area (Å²) in [6, 6.07) is 0. The van der Waals surface area contributed by atoms with Gasteiger partial charge in [0.05, 0.1) is 25.4 Å². The number of hydrogen-bond donors (Lipinski definition) is 0. The van der Waals surface area contributed by atoms with E-state index in [2.05, 4.69) is 39.5 Å². The Labute approximate surface area is 160 Å². The van der Waals surface area contributed by atoms with Gasteiger partial charge in [0, 0.05) is 32.5 Å². The summed E-state index contributed by atoms with van der Waals surface area (Å²) in [6.45, 7) is 16.6. The summed E-state index contributed by atoms with van der Waals surface area (Å²) in [7, 11) is 0. The van der Waals surface area contributed by atoms with Crippen molar-refractivity contribution in [3.63, 3.8) is 0 Å². The zero-order valence-electron chi connectivity index (χ0n) is 17.8. The van der Waals surface area contributed by atoms with E-state index in [9.17, 15) is 0 Å². The highest BCUT2D eigenvalue weighted by atomic mass is 16.7. The van der Waals surface area contributed by atoms with Crippen LogP contribution in [0.15, 0.2) is 0 Å². The first-order valence-electron chi connectivity index (χ1n) is 10.9. The van der Waals surface area contributed by atoms with Crippen LogP contribution in [0.3, 0.4) is 0 Å². The van der Waals surface area contributed by atoms with E-state index >= 15 is 0 Å². The van der Waals surface area contributed by atoms with E-state index in [0.29, 0.717) is 11.5 Å². The highest BCUT2D eigenvalue weighted by molar-refractivity contribution is 4.90. The van der Waals surface area contributed by atoms with Gasteiger partial charge in [-0.25, -0.2) is 0 Å². The standard InChI is InChI=1S/C22H41NO3/c1-17(2)14-21(4,5)19-6-9-22(10-7-19)25-16-20(26-22)8-11-23-12-13-24-18(3)15-23/h17-20H,6-16H2,1-5H3. The van der Waals surface area contributed by atoms with Crippen LogP contribution in [0.5, 0.6) is 0 Å². The zero-order chi connectivity index (χ0) is 18.8. The molecule has 0 aromatic heterocycles. The van der Waals surface area contributed by atoms with Crippen molar-refractivity contribution in [3.8, 4) is 0 Å². The van der Waals surface area contributed by atoms with Crippen LogP contribution in [0.25, 0.3) is 0 Å². The minimum Gasteiger partial charge on any atom is -0.376 e. The van der Waals surface area contributed by atoms with Gasteiger partial charge in [0.25, 0.3) is 0 Å². The molecule has 3 fully saturated rings. The molecule has 4 heteroatoms. The van der Waals surface area contributed by atoms with Gasteiger partial charge < -0.3 is 14.2 Å². The zero-order valence-corrected chi connectivity index (χ0v) is 17.8. The van der Waals surface area contributed by atoms with Gasteiger partial charge in [-0.05, 0) is 49.9 Å². The Bertz CT molecular complexity index is 443. The van der Waals surface area contributed by atoms with E-state index < -0.39 is 0 Å². The van der Waals surface area contributed by atoms with Crippen molar-refractivity contribution in [2.75, 3.05) is 32.8 Å². The van der Waals surface area contributed by atoms with Crippen molar-refractivity contribution in [2.45, 2.75) is 91.1 Å². The summed E-state index contributed by atoms with van der Waals surface area (Å²) in [6.07, 6.45) is 7.66. The predicted octanol–water partition coefficient (Wildman–Crippen LogP) is 4.47. The van der Waals surface area contributed by atoms with Crippen LogP contribution in [0, 0.1) is 17.3 Å². The van der Waals surface area contributed by atoms with E-state index in [1.54, 1.807) is 0 Å². The van der Waals surface area contributed by atoms with E-state index in [0.717, 1.165) is 63.9 Å². The molecule has 2 aliphatic heterocycles. The molecule has 0 radical (unpaired) electrons. The first kappa shape index (κ1) is 20.6. The highest BCUT2D eigenvalue weighted by Gasteiger charge is 2.46. The molecule has 2 saturated heterocycles. The number of morpholine rings is 1. The van der Waals surface area contributed by atoms with E-state index in [1.807, 2.05) is 0 Å². The molecule has 1 spiro atoms.